The molecule has 292 valence electrons. The average Bonchev–Trinajstić information content (AvgIpc) is 3.56. The normalized spacial score (nSPS) is 26.5. The van der Waals surface area contributed by atoms with Gasteiger partial charge in [-0.15, -0.1) is 0 Å². The molecule has 2 bridgehead atoms. The minimum Gasteiger partial charge on any atom is -0.490 e. The summed E-state index contributed by atoms with van der Waals surface area (Å²) in [6, 6.07) is 20.0. The number of carbonyl (C=O) groups is 5. The van der Waals surface area contributed by atoms with Crippen molar-refractivity contribution in [2.24, 2.45) is 11.3 Å². The van der Waals surface area contributed by atoms with E-state index in [1.807, 2.05) is 18.2 Å². The van der Waals surface area contributed by atoms with Gasteiger partial charge in [-0.1, -0.05) is 11.6 Å². The van der Waals surface area contributed by atoms with E-state index in [9.17, 15) is 24.0 Å². The number of rotatable bonds is 8. The van der Waals surface area contributed by atoms with Crippen LogP contribution in [0.3, 0.4) is 0 Å². The summed E-state index contributed by atoms with van der Waals surface area (Å²) >= 11 is 6.22. The minimum atomic E-state index is -0.966. The predicted octanol–water partition coefficient (Wildman–Crippen LogP) is 4.09. The van der Waals surface area contributed by atoms with E-state index in [1.54, 1.807) is 30.3 Å². The summed E-state index contributed by atoms with van der Waals surface area (Å²) in [7, 11) is 0. The number of amides is 5. The van der Waals surface area contributed by atoms with Crippen LogP contribution in [-0.4, -0.2) is 114 Å². The van der Waals surface area contributed by atoms with Gasteiger partial charge in [0.2, 0.25) is 11.8 Å². The number of nitrogens with one attached hydrogen (secondary N) is 1. The van der Waals surface area contributed by atoms with Gasteiger partial charge >= 0.3 is 0 Å². The number of piperidine rings is 2. The smallest absolute Gasteiger partial charge is 0.262 e. The molecule has 4 atom stereocenters. The Hall–Kier alpha value is -5.45. The molecule has 7 heterocycles. The lowest BCUT2D eigenvalue weighted by Gasteiger charge is -2.62. The maximum Gasteiger partial charge on any atom is 0.262 e. The Labute approximate surface area is 335 Å². The van der Waals surface area contributed by atoms with Crippen molar-refractivity contribution in [3.8, 4) is 11.8 Å². The van der Waals surface area contributed by atoms with Crippen LogP contribution in [0.4, 0.5) is 11.4 Å². The third-order valence-electron chi connectivity index (χ3n) is 13.2. The second-order valence-corrected chi connectivity index (χ2v) is 17.5. The number of imide groups is 2. The number of anilines is 2. The molecular weight excluding hydrogens is 746 g/mol. The number of benzene rings is 3. The summed E-state index contributed by atoms with van der Waals surface area (Å²) in [5.41, 5.74) is 4.12. The maximum atomic E-state index is 13.7. The lowest BCUT2D eigenvalue weighted by molar-refractivity contribution is -0.136. The van der Waals surface area contributed by atoms with Crippen LogP contribution in [0.15, 0.2) is 60.7 Å². The van der Waals surface area contributed by atoms with Gasteiger partial charge in [0, 0.05) is 111 Å². The van der Waals surface area contributed by atoms with E-state index in [1.165, 1.54) is 0 Å². The summed E-state index contributed by atoms with van der Waals surface area (Å²) in [5.74, 6) is -0.692. The lowest BCUT2D eigenvalue weighted by atomic mass is 9.72. The molecule has 14 heteroatoms. The van der Waals surface area contributed by atoms with Crippen LogP contribution < -0.4 is 19.9 Å². The van der Waals surface area contributed by atoms with Crippen molar-refractivity contribution in [2.75, 3.05) is 55.6 Å². The number of nitrogens with zero attached hydrogens (tertiary/aromatic N) is 6. The first-order valence-electron chi connectivity index (χ1n) is 19.9. The monoisotopic (exact) mass is 787 g/mol. The third kappa shape index (κ3) is 6.21. The Morgan fingerprint density at radius 3 is 2.23 bits per heavy atom. The highest BCUT2D eigenvalue weighted by Gasteiger charge is 2.52. The van der Waals surface area contributed by atoms with E-state index in [4.69, 9.17) is 21.6 Å². The van der Waals surface area contributed by atoms with Crippen LogP contribution in [0.5, 0.6) is 5.75 Å². The van der Waals surface area contributed by atoms with Crippen LogP contribution in [0.25, 0.3) is 0 Å². The molecule has 6 fully saturated rings. The second kappa shape index (κ2) is 13.6. The van der Waals surface area contributed by atoms with Crippen molar-refractivity contribution in [1.82, 2.24) is 20.0 Å². The van der Waals surface area contributed by atoms with Gasteiger partial charge in [-0.25, -0.2) is 0 Å². The summed E-state index contributed by atoms with van der Waals surface area (Å²) in [4.78, 5) is 74.3. The molecule has 0 aromatic heterocycles. The van der Waals surface area contributed by atoms with Crippen LogP contribution >= 0.6 is 11.6 Å². The maximum absolute atomic E-state index is 13.7. The van der Waals surface area contributed by atoms with E-state index >= 15 is 0 Å². The predicted molar refractivity (Wildman–Crippen MR) is 209 cm³/mol. The third-order valence-corrected chi connectivity index (χ3v) is 13.5. The zero-order valence-corrected chi connectivity index (χ0v) is 32.1. The first kappa shape index (κ1) is 35.9. The van der Waals surface area contributed by atoms with Gasteiger partial charge in [-0.05, 0) is 73.9 Å². The highest BCUT2D eigenvalue weighted by molar-refractivity contribution is 6.31. The summed E-state index contributed by atoms with van der Waals surface area (Å²) < 4.78 is 6.26. The summed E-state index contributed by atoms with van der Waals surface area (Å²) in [6.07, 6.45) is 3.74. The summed E-state index contributed by atoms with van der Waals surface area (Å²) in [6.45, 7) is 6.93. The zero-order chi connectivity index (χ0) is 39.2. The Kier molecular flexibility index (Phi) is 8.57. The van der Waals surface area contributed by atoms with Crippen LogP contribution in [0.2, 0.25) is 5.02 Å². The van der Waals surface area contributed by atoms with Crippen LogP contribution in [-0.2, 0) is 9.59 Å². The van der Waals surface area contributed by atoms with Crippen LogP contribution in [0.1, 0.15) is 75.2 Å². The van der Waals surface area contributed by atoms with Crippen LogP contribution in [0, 0.1) is 22.7 Å². The van der Waals surface area contributed by atoms with Gasteiger partial charge in [-0.2, -0.15) is 5.26 Å². The molecule has 1 N–H and O–H groups in total. The molecular formula is C43H42ClN7O6. The topological polar surface area (TPSA) is 147 Å². The molecule has 7 aliphatic heterocycles. The van der Waals surface area contributed by atoms with E-state index in [-0.39, 0.29) is 42.8 Å². The Balaban J connectivity index is 0.673. The molecule has 57 heavy (non-hydrogen) atoms. The Morgan fingerprint density at radius 1 is 0.842 bits per heavy atom. The number of hydrogen-bond donors (Lipinski definition) is 1. The van der Waals surface area contributed by atoms with Gasteiger partial charge in [0.15, 0.2) is 0 Å². The molecule has 7 aliphatic rings. The highest BCUT2D eigenvalue weighted by atomic mass is 35.5. The van der Waals surface area contributed by atoms with Crippen molar-refractivity contribution in [3.63, 3.8) is 0 Å². The fourth-order valence-corrected chi connectivity index (χ4v) is 10.7. The van der Waals surface area contributed by atoms with Gasteiger partial charge in [0.05, 0.1) is 21.7 Å². The largest absolute Gasteiger partial charge is 0.490 e. The molecule has 1 spiro atoms. The average molecular weight is 788 g/mol. The number of fused-ring (bicyclic) bond motifs is 3. The number of ether oxygens (including phenoxy) is 1. The standard InChI is InChI=1S/C43H42ClN7O6/c44-36-16-32(9-3-27(36)17-45)57-33-13-30-6-7-31(14-33)50(30)40(54)26-1-4-28(5-2-26)49-23-43(24-49)21-47(22-43)18-25-19-48(20-25)29-8-10-34-35(15-29)42(56)51(41(34)55)37-11-12-38(52)46-39(37)53/h1-5,8-10,15-16,25,30-31,33,37H,6-7,11-14,18-24H2,(H,46,52,53)/t30-,31+,33?,37?. The highest BCUT2D eigenvalue weighted by Crippen LogP contribution is 2.44. The quantitative estimate of drug-likeness (QED) is 0.332. The molecule has 3 aromatic carbocycles. The number of halogens is 1. The van der Waals surface area contributed by atoms with E-state index < -0.39 is 23.8 Å². The van der Waals surface area contributed by atoms with E-state index in [0.717, 1.165) is 93.3 Å². The summed E-state index contributed by atoms with van der Waals surface area (Å²) in [5, 5.41) is 11.8. The fraction of sp³-hybridized carbons (Fsp3) is 0.442. The van der Waals surface area contributed by atoms with E-state index in [0.29, 0.717) is 38.8 Å². The zero-order valence-electron chi connectivity index (χ0n) is 31.4. The molecule has 10 rings (SSSR count). The molecule has 0 aliphatic carbocycles. The SMILES string of the molecule is N#Cc1ccc(OC2C[C@H]3CC[C@@H](C2)N3C(=O)c2ccc(N3CC4(CN(CC5CN(c6ccc7c(c6)C(=O)N(C6CCC(=O)NC6=O)C7=O)C5)C4)C3)cc2)cc1Cl. The Morgan fingerprint density at radius 2 is 1.54 bits per heavy atom. The molecule has 6 saturated heterocycles. The minimum absolute atomic E-state index is 0.00281. The molecule has 0 radical (unpaired) electrons. The first-order chi connectivity index (χ1) is 27.5. The van der Waals surface area contributed by atoms with Crippen molar-refractivity contribution < 1.29 is 28.7 Å². The van der Waals surface area contributed by atoms with Gasteiger partial charge in [0.25, 0.3) is 17.7 Å². The number of nitriles is 1. The molecule has 0 saturated carbocycles. The van der Waals surface area contributed by atoms with Gasteiger partial charge in [0.1, 0.15) is 24.0 Å². The molecule has 13 nitrogen and oxygen atoms in total. The van der Waals surface area contributed by atoms with Crippen molar-refractivity contribution in [3.05, 3.63) is 87.9 Å². The Bertz CT molecular complexity index is 2240. The van der Waals surface area contributed by atoms with Crippen molar-refractivity contribution in [2.45, 2.75) is 62.8 Å². The number of hydrogen-bond acceptors (Lipinski definition) is 10. The number of likely N-dealkylation sites (tertiary alicyclic amines) is 1. The van der Waals surface area contributed by atoms with Crippen molar-refractivity contribution in [1.29, 1.82) is 5.26 Å². The van der Waals surface area contributed by atoms with Gasteiger partial charge in [-0.3, -0.25) is 34.2 Å². The first-order valence-corrected chi connectivity index (χ1v) is 20.3. The number of carbonyl (C=O) groups excluding carboxylic acids is 5. The molecule has 3 aromatic rings. The van der Waals surface area contributed by atoms with E-state index in [2.05, 4.69) is 43.1 Å². The lowest BCUT2D eigenvalue weighted by Crippen LogP contribution is -2.73. The molecule has 5 amide bonds. The van der Waals surface area contributed by atoms with Gasteiger partial charge < -0.3 is 24.3 Å². The molecule has 2 unspecified atom stereocenters. The second-order valence-electron chi connectivity index (χ2n) is 17.1. The fourth-order valence-electron chi connectivity index (χ4n) is 10.5. The van der Waals surface area contributed by atoms with Crippen molar-refractivity contribution >= 4 is 52.5 Å².